The van der Waals surface area contributed by atoms with E-state index in [9.17, 15) is 4.79 Å². The molecule has 1 fully saturated rings. The standard InChI is InChI=1S/C18H29N7O/c1-14(10-25-8-5-7-19-25)20-16-6-9-24(13-16)12-15-11-23(4)21-17(15)18(26)22(2)3/h5,7-8,11,14,16,20H,6,9-10,12-13H2,1-4H3. The summed E-state index contributed by atoms with van der Waals surface area (Å²) in [6.07, 6.45) is 6.87. The van der Waals surface area contributed by atoms with Crippen LogP contribution < -0.4 is 5.32 Å². The van der Waals surface area contributed by atoms with Gasteiger partial charge in [-0.1, -0.05) is 0 Å². The molecule has 2 aromatic rings. The van der Waals surface area contributed by atoms with Crippen molar-refractivity contribution in [2.45, 2.75) is 38.5 Å². The number of nitrogens with zero attached hydrogens (tertiary/aromatic N) is 6. The van der Waals surface area contributed by atoms with Crippen LogP contribution in [0.25, 0.3) is 0 Å². The molecule has 1 amide bonds. The molecule has 2 aromatic heterocycles. The molecule has 0 saturated carbocycles. The Morgan fingerprint density at radius 2 is 2.27 bits per heavy atom. The van der Waals surface area contributed by atoms with E-state index in [4.69, 9.17) is 0 Å². The third-order valence-corrected chi connectivity index (χ3v) is 4.72. The summed E-state index contributed by atoms with van der Waals surface area (Å²) in [5.41, 5.74) is 1.55. The maximum absolute atomic E-state index is 12.3. The molecule has 1 aliphatic heterocycles. The van der Waals surface area contributed by atoms with Gasteiger partial charge in [0.15, 0.2) is 5.69 Å². The second kappa shape index (κ2) is 8.01. The Balaban J connectivity index is 1.54. The maximum Gasteiger partial charge on any atom is 0.274 e. The van der Waals surface area contributed by atoms with Crippen LogP contribution in [0, 0.1) is 0 Å². The molecule has 3 rings (SSSR count). The van der Waals surface area contributed by atoms with Crippen LogP contribution in [0.1, 0.15) is 29.4 Å². The SMILES string of the molecule is CC(Cn1cccn1)NC1CCN(Cc2cn(C)nc2C(=O)N(C)C)C1. The van der Waals surface area contributed by atoms with E-state index in [2.05, 4.69) is 27.3 Å². The van der Waals surface area contributed by atoms with Crippen molar-refractivity contribution >= 4 is 5.91 Å². The van der Waals surface area contributed by atoms with Crippen molar-refractivity contribution < 1.29 is 4.79 Å². The van der Waals surface area contributed by atoms with E-state index in [1.165, 1.54) is 0 Å². The maximum atomic E-state index is 12.3. The molecule has 2 atom stereocenters. The fraction of sp³-hybridized carbons (Fsp3) is 0.611. The quantitative estimate of drug-likeness (QED) is 0.783. The highest BCUT2D eigenvalue weighted by atomic mass is 16.2. The molecule has 0 radical (unpaired) electrons. The monoisotopic (exact) mass is 359 g/mol. The van der Waals surface area contributed by atoms with E-state index < -0.39 is 0 Å². The summed E-state index contributed by atoms with van der Waals surface area (Å²) < 4.78 is 3.68. The number of carbonyl (C=O) groups is 1. The lowest BCUT2D eigenvalue weighted by molar-refractivity contribution is 0.0819. The molecular formula is C18H29N7O. The van der Waals surface area contributed by atoms with Gasteiger partial charge in [0.25, 0.3) is 5.91 Å². The summed E-state index contributed by atoms with van der Waals surface area (Å²) in [5.74, 6) is -0.0395. The number of aryl methyl sites for hydroxylation is 1. The molecule has 142 valence electrons. The number of carbonyl (C=O) groups excluding carboxylic acids is 1. The first-order valence-electron chi connectivity index (χ1n) is 9.12. The Labute approximate surface area is 154 Å². The molecule has 0 spiro atoms. The van der Waals surface area contributed by atoms with Gasteiger partial charge in [0.1, 0.15) is 0 Å². The van der Waals surface area contributed by atoms with Crippen molar-refractivity contribution in [3.8, 4) is 0 Å². The van der Waals surface area contributed by atoms with E-state index in [0.29, 0.717) is 17.8 Å². The first-order valence-corrected chi connectivity index (χ1v) is 9.12. The second-order valence-corrected chi connectivity index (χ2v) is 7.39. The normalized spacial score (nSPS) is 19.0. The van der Waals surface area contributed by atoms with Gasteiger partial charge in [0.2, 0.25) is 0 Å². The summed E-state index contributed by atoms with van der Waals surface area (Å²) in [5, 5.41) is 12.3. The Morgan fingerprint density at radius 1 is 1.46 bits per heavy atom. The summed E-state index contributed by atoms with van der Waals surface area (Å²) in [6, 6.07) is 2.78. The van der Waals surface area contributed by atoms with Crippen LogP contribution in [0.2, 0.25) is 0 Å². The zero-order valence-corrected chi connectivity index (χ0v) is 16.1. The molecule has 2 unspecified atom stereocenters. The van der Waals surface area contributed by atoms with Crippen molar-refractivity contribution in [1.82, 2.24) is 34.7 Å². The summed E-state index contributed by atoms with van der Waals surface area (Å²) >= 11 is 0. The largest absolute Gasteiger partial charge is 0.343 e. The third kappa shape index (κ3) is 4.50. The van der Waals surface area contributed by atoms with Gasteiger partial charge in [-0.15, -0.1) is 0 Å². The lowest BCUT2D eigenvalue weighted by Gasteiger charge is -2.20. The molecule has 0 aromatic carbocycles. The van der Waals surface area contributed by atoms with Crippen molar-refractivity contribution in [2.24, 2.45) is 7.05 Å². The minimum atomic E-state index is -0.0395. The summed E-state index contributed by atoms with van der Waals surface area (Å²) in [6.45, 7) is 5.83. The van der Waals surface area contributed by atoms with Gasteiger partial charge >= 0.3 is 0 Å². The van der Waals surface area contributed by atoms with Gasteiger partial charge in [-0.25, -0.2) is 0 Å². The van der Waals surface area contributed by atoms with Crippen LogP contribution in [-0.4, -0.2) is 74.5 Å². The van der Waals surface area contributed by atoms with Crippen LogP contribution in [-0.2, 0) is 20.1 Å². The Morgan fingerprint density at radius 3 is 2.96 bits per heavy atom. The van der Waals surface area contributed by atoms with Crippen molar-refractivity contribution in [1.29, 1.82) is 0 Å². The van der Waals surface area contributed by atoms with Gasteiger partial charge < -0.3 is 10.2 Å². The second-order valence-electron chi connectivity index (χ2n) is 7.39. The molecule has 0 bridgehead atoms. The van der Waals surface area contributed by atoms with Crippen LogP contribution in [0.4, 0.5) is 0 Å². The molecule has 3 heterocycles. The number of hydrogen-bond donors (Lipinski definition) is 1. The molecule has 1 aliphatic rings. The van der Waals surface area contributed by atoms with Gasteiger partial charge in [-0.3, -0.25) is 19.1 Å². The van der Waals surface area contributed by atoms with Gasteiger partial charge in [0, 0.05) is 77.0 Å². The zero-order valence-electron chi connectivity index (χ0n) is 16.1. The van der Waals surface area contributed by atoms with Crippen LogP contribution in [0.3, 0.4) is 0 Å². The number of amides is 1. The van der Waals surface area contributed by atoms with Gasteiger partial charge in [0.05, 0.1) is 6.54 Å². The number of likely N-dealkylation sites (tertiary alicyclic amines) is 1. The smallest absolute Gasteiger partial charge is 0.274 e. The lowest BCUT2D eigenvalue weighted by atomic mass is 10.2. The average molecular weight is 359 g/mol. The number of hydrogen-bond acceptors (Lipinski definition) is 5. The molecular weight excluding hydrogens is 330 g/mol. The number of aromatic nitrogens is 4. The molecule has 0 aliphatic carbocycles. The van der Waals surface area contributed by atoms with Gasteiger partial charge in [-0.05, 0) is 19.4 Å². The Kier molecular flexibility index (Phi) is 5.73. The zero-order chi connectivity index (χ0) is 18.7. The van der Waals surface area contributed by atoms with E-state index in [1.54, 1.807) is 23.7 Å². The average Bonchev–Trinajstić information content (AvgIpc) is 3.29. The topological polar surface area (TPSA) is 71.2 Å². The highest BCUT2D eigenvalue weighted by molar-refractivity contribution is 5.93. The molecule has 1 saturated heterocycles. The first kappa shape index (κ1) is 18.6. The highest BCUT2D eigenvalue weighted by Gasteiger charge is 2.26. The van der Waals surface area contributed by atoms with Crippen LogP contribution in [0.15, 0.2) is 24.7 Å². The van der Waals surface area contributed by atoms with Crippen LogP contribution >= 0.6 is 0 Å². The van der Waals surface area contributed by atoms with E-state index in [0.717, 1.165) is 38.2 Å². The summed E-state index contributed by atoms with van der Waals surface area (Å²) in [4.78, 5) is 16.3. The predicted octanol–water partition coefficient (Wildman–Crippen LogP) is 0.571. The van der Waals surface area contributed by atoms with Crippen molar-refractivity contribution in [3.05, 3.63) is 35.9 Å². The number of nitrogens with one attached hydrogen (secondary N) is 1. The van der Waals surface area contributed by atoms with Gasteiger partial charge in [-0.2, -0.15) is 10.2 Å². The Hall–Kier alpha value is -2.19. The molecule has 26 heavy (non-hydrogen) atoms. The van der Waals surface area contributed by atoms with Crippen molar-refractivity contribution in [2.75, 3.05) is 27.2 Å². The molecule has 1 N–H and O–H groups in total. The minimum absolute atomic E-state index is 0.0395. The Bertz CT molecular complexity index is 722. The fourth-order valence-corrected chi connectivity index (χ4v) is 3.54. The summed E-state index contributed by atoms with van der Waals surface area (Å²) in [7, 11) is 5.39. The molecule has 8 nitrogen and oxygen atoms in total. The lowest BCUT2D eigenvalue weighted by Crippen LogP contribution is -2.40. The number of rotatable bonds is 7. The fourth-order valence-electron chi connectivity index (χ4n) is 3.54. The minimum Gasteiger partial charge on any atom is -0.343 e. The predicted molar refractivity (Wildman–Crippen MR) is 99.7 cm³/mol. The van der Waals surface area contributed by atoms with E-state index >= 15 is 0 Å². The molecule has 8 heteroatoms. The highest BCUT2D eigenvalue weighted by Crippen LogP contribution is 2.17. The first-order chi connectivity index (χ1) is 12.4. The van der Waals surface area contributed by atoms with E-state index in [1.807, 2.05) is 36.4 Å². The van der Waals surface area contributed by atoms with Crippen molar-refractivity contribution in [3.63, 3.8) is 0 Å². The van der Waals surface area contributed by atoms with E-state index in [-0.39, 0.29) is 5.91 Å². The van der Waals surface area contributed by atoms with Crippen LogP contribution in [0.5, 0.6) is 0 Å². The third-order valence-electron chi connectivity index (χ3n) is 4.72.